The Balaban J connectivity index is 1.78. The highest BCUT2D eigenvalue weighted by atomic mass is 16.5. The fourth-order valence-electron chi connectivity index (χ4n) is 3.83. The van der Waals surface area contributed by atoms with Gasteiger partial charge in [-0.1, -0.05) is 32.9 Å². The van der Waals surface area contributed by atoms with E-state index in [2.05, 4.69) is 45.0 Å². The highest BCUT2D eigenvalue weighted by Gasteiger charge is 2.71. The summed E-state index contributed by atoms with van der Waals surface area (Å²) in [5.41, 5.74) is 3.14. The van der Waals surface area contributed by atoms with Gasteiger partial charge in [0.2, 0.25) is 0 Å². The molecule has 3 aliphatic rings. The molecule has 0 radical (unpaired) electrons. The first-order chi connectivity index (χ1) is 7.91. The topological polar surface area (TPSA) is 9.23 Å². The van der Waals surface area contributed by atoms with E-state index >= 15 is 0 Å². The van der Waals surface area contributed by atoms with Crippen LogP contribution in [0.3, 0.4) is 0 Å². The lowest BCUT2D eigenvalue weighted by atomic mass is 9.28. The minimum atomic E-state index is 0.473. The number of hydrogen-bond acceptors (Lipinski definition) is 1. The molecule has 3 fully saturated rings. The van der Waals surface area contributed by atoms with Gasteiger partial charge in [-0.15, -0.1) is 0 Å². The maximum atomic E-state index is 5.22. The Bertz CT molecular complexity index is 416. The van der Waals surface area contributed by atoms with Crippen molar-refractivity contribution in [3.05, 3.63) is 29.8 Å². The molecule has 1 nitrogen and oxygen atoms in total. The van der Waals surface area contributed by atoms with Gasteiger partial charge in [0, 0.05) is 0 Å². The van der Waals surface area contributed by atoms with E-state index in [4.69, 9.17) is 4.74 Å². The Hall–Kier alpha value is -0.980. The second-order valence-electron chi connectivity index (χ2n) is 7.07. The van der Waals surface area contributed by atoms with Gasteiger partial charge in [0.1, 0.15) is 5.75 Å². The minimum absolute atomic E-state index is 0.473. The van der Waals surface area contributed by atoms with Crippen LogP contribution in [0.25, 0.3) is 0 Å². The van der Waals surface area contributed by atoms with E-state index in [1.807, 2.05) is 0 Å². The molecule has 0 saturated heterocycles. The zero-order chi connectivity index (χ0) is 12.3. The van der Waals surface area contributed by atoms with E-state index in [0.29, 0.717) is 16.2 Å². The number of methoxy groups -OCH3 is 1. The average Bonchev–Trinajstić information content (AvgIpc) is 2.12. The predicted octanol–water partition coefficient (Wildman–Crippen LogP) is 4.16. The fourth-order valence-corrected chi connectivity index (χ4v) is 3.83. The highest BCUT2D eigenvalue weighted by Crippen LogP contribution is 2.79. The Labute approximate surface area is 104 Å². The Morgan fingerprint density at radius 3 is 1.94 bits per heavy atom. The number of rotatable bonds is 2. The van der Waals surface area contributed by atoms with Gasteiger partial charge in [0.15, 0.2) is 0 Å². The Morgan fingerprint density at radius 1 is 1.00 bits per heavy atom. The van der Waals surface area contributed by atoms with E-state index < -0.39 is 0 Å². The second-order valence-corrected chi connectivity index (χ2v) is 7.07. The summed E-state index contributed by atoms with van der Waals surface area (Å²) in [5.74, 6) is 0.964. The third-order valence-corrected chi connectivity index (χ3v) is 5.32. The van der Waals surface area contributed by atoms with Crippen LogP contribution in [0.4, 0.5) is 0 Å². The van der Waals surface area contributed by atoms with Crippen LogP contribution >= 0.6 is 0 Å². The van der Waals surface area contributed by atoms with Gasteiger partial charge in [-0.2, -0.15) is 0 Å². The lowest BCUT2D eigenvalue weighted by Gasteiger charge is -2.76. The molecule has 0 spiro atoms. The molecule has 2 bridgehead atoms. The van der Waals surface area contributed by atoms with Gasteiger partial charge >= 0.3 is 0 Å². The van der Waals surface area contributed by atoms with E-state index in [1.54, 1.807) is 7.11 Å². The quantitative estimate of drug-likeness (QED) is 0.741. The van der Waals surface area contributed by atoms with E-state index in [9.17, 15) is 0 Å². The molecule has 1 heteroatoms. The minimum Gasteiger partial charge on any atom is -0.497 e. The van der Waals surface area contributed by atoms with Gasteiger partial charge in [-0.05, 0) is 53.2 Å². The lowest BCUT2D eigenvalue weighted by molar-refractivity contribution is -0.208. The predicted molar refractivity (Wildman–Crippen MR) is 70.4 cm³/mol. The SMILES string of the molecule is COc1ccc(C23CC(C(C)(C)C)(C2)C3)cc1. The van der Waals surface area contributed by atoms with Gasteiger partial charge in [0.05, 0.1) is 7.11 Å². The summed E-state index contributed by atoms with van der Waals surface area (Å²) in [6, 6.07) is 8.70. The van der Waals surface area contributed by atoms with E-state index in [0.717, 1.165) is 5.75 Å². The summed E-state index contributed by atoms with van der Waals surface area (Å²) >= 11 is 0. The van der Waals surface area contributed by atoms with Crippen molar-refractivity contribution in [1.29, 1.82) is 0 Å². The van der Waals surface area contributed by atoms with Crippen LogP contribution in [0, 0.1) is 10.8 Å². The summed E-state index contributed by atoms with van der Waals surface area (Å²) in [5, 5.41) is 0. The summed E-state index contributed by atoms with van der Waals surface area (Å²) in [6.45, 7) is 7.18. The fraction of sp³-hybridized carbons (Fsp3) is 0.625. The van der Waals surface area contributed by atoms with Crippen molar-refractivity contribution in [3.8, 4) is 5.75 Å². The largest absolute Gasteiger partial charge is 0.497 e. The molecule has 4 rings (SSSR count). The van der Waals surface area contributed by atoms with Crippen LogP contribution in [0.1, 0.15) is 45.6 Å². The monoisotopic (exact) mass is 230 g/mol. The standard InChI is InChI=1S/C16H22O/c1-14(2,3)16-9-15(10-16,11-16)12-5-7-13(17-4)8-6-12/h5-8H,9-11H2,1-4H3. The first kappa shape index (κ1) is 11.1. The highest BCUT2D eigenvalue weighted by molar-refractivity contribution is 5.42. The van der Waals surface area contributed by atoms with Crippen molar-refractivity contribution in [1.82, 2.24) is 0 Å². The first-order valence-electron chi connectivity index (χ1n) is 6.56. The average molecular weight is 230 g/mol. The van der Waals surface area contributed by atoms with Gasteiger partial charge in [-0.25, -0.2) is 0 Å². The molecule has 0 heterocycles. The third kappa shape index (κ3) is 1.31. The van der Waals surface area contributed by atoms with E-state index in [1.165, 1.54) is 24.8 Å². The molecule has 17 heavy (non-hydrogen) atoms. The van der Waals surface area contributed by atoms with Crippen LogP contribution in [0.5, 0.6) is 5.75 Å². The molecule has 3 aliphatic carbocycles. The second kappa shape index (κ2) is 3.07. The number of benzene rings is 1. The molecule has 0 aromatic heterocycles. The van der Waals surface area contributed by atoms with Crippen molar-refractivity contribution in [3.63, 3.8) is 0 Å². The van der Waals surface area contributed by atoms with Crippen molar-refractivity contribution < 1.29 is 4.74 Å². The van der Waals surface area contributed by atoms with Crippen molar-refractivity contribution >= 4 is 0 Å². The van der Waals surface area contributed by atoms with Crippen LogP contribution in [-0.4, -0.2) is 7.11 Å². The first-order valence-corrected chi connectivity index (χ1v) is 6.56. The number of hydrogen-bond donors (Lipinski definition) is 0. The summed E-state index contributed by atoms with van der Waals surface area (Å²) < 4.78 is 5.22. The maximum Gasteiger partial charge on any atom is 0.118 e. The van der Waals surface area contributed by atoms with Crippen molar-refractivity contribution in [2.75, 3.05) is 7.11 Å². The third-order valence-electron chi connectivity index (χ3n) is 5.32. The smallest absolute Gasteiger partial charge is 0.118 e. The van der Waals surface area contributed by atoms with Crippen LogP contribution in [0.2, 0.25) is 0 Å². The van der Waals surface area contributed by atoms with Gasteiger partial charge < -0.3 is 4.74 Å². The van der Waals surface area contributed by atoms with Gasteiger partial charge in [0.25, 0.3) is 0 Å². The molecule has 0 N–H and O–H groups in total. The van der Waals surface area contributed by atoms with Gasteiger partial charge in [-0.3, -0.25) is 0 Å². The summed E-state index contributed by atoms with van der Waals surface area (Å²) in [6.07, 6.45) is 4.15. The molecular weight excluding hydrogens is 208 g/mol. The molecular formula is C16H22O. The zero-order valence-corrected chi connectivity index (χ0v) is 11.3. The zero-order valence-electron chi connectivity index (χ0n) is 11.3. The molecule has 1 aromatic carbocycles. The molecule has 0 atom stereocenters. The van der Waals surface area contributed by atoms with Crippen molar-refractivity contribution in [2.45, 2.75) is 45.4 Å². The molecule has 92 valence electrons. The van der Waals surface area contributed by atoms with E-state index in [-0.39, 0.29) is 0 Å². The normalized spacial score (nSPS) is 34.8. The van der Waals surface area contributed by atoms with Crippen LogP contribution in [-0.2, 0) is 5.41 Å². The maximum absolute atomic E-state index is 5.22. The van der Waals surface area contributed by atoms with Crippen molar-refractivity contribution in [2.24, 2.45) is 10.8 Å². The van der Waals surface area contributed by atoms with Crippen LogP contribution < -0.4 is 4.74 Å². The van der Waals surface area contributed by atoms with Crippen LogP contribution in [0.15, 0.2) is 24.3 Å². The summed E-state index contributed by atoms with van der Waals surface area (Å²) in [4.78, 5) is 0. The Kier molecular flexibility index (Phi) is 2.01. The number of ether oxygens (including phenoxy) is 1. The molecule has 0 aliphatic heterocycles. The molecule has 1 aromatic rings. The molecule has 0 amide bonds. The Morgan fingerprint density at radius 2 is 1.53 bits per heavy atom. The molecule has 3 saturated carbocycles. The lowest BCUT2D eigenvalue weighted by Crippen LogP contribution is -2.69. The summed E-state index contributed by atoms with van der Waals surface area (Å²) in [7, 11) is 1.73. The molecule has 0 unspecified atom stereocenters.